The number of ketones is 3. The molecule has 0 fully saturated rings. The second kappa shape index (κ2) is 12.7. The topological polar surface area (TPSA) is 204 Å². The van der Waals surface area contributed by atoms with E-state index in [2.05, 4.69) is 0 Å². The van der Waals surface area contributed by atoms with Crippen molar-refractivity contribution in [2.75, 3.05) is 0 Å². The van der Waals surface area contributed by atoms with Crippen molar-refractivity contribution >= 4 is 28.3 Å². The van der Waals surface area contributed by atoms with Gasteiger partial charge in [-0.1, -0.05) is 41.5 Å². The summed E-state index contributed by atoms with van der Waals surface area (Å²) in [6.45, 7) is 11.0. The van der Waals surface area contributed by atoms with Crippen LogP contribution in [0.25, 0.3) is 11.0 Å². The Balaban J connectivity index is 1.52. The van der Waals surface area contributed by atoms with Gasteiger partial charge in [-0.25, -0.2) is 0 Å². The van der Waals surface area contributed by atoms with Crippen molar-refractivity contribution in [2.45, 2.75) is 85.4 Å². The molecule has 12 nitrogen and oxygen atoms in total. The van der Waals surface area contributed by atoms with E-state index in [-0.39, 0.29) is 112 Å². The van der Waals surface area contributed by atoms with E-state index in [0.29, 0.717) is 0 Å². The summed E-state index contributed by atoms with van der Waals surface area (Å²) in [6.07, 6.45) is -0.163. The van der Waals surface area contributed by atoms with E-state index >= 15 is 0 Å². The molecule has 0 bridgehead atoms. The van der Waals surface area contributed by atoms with Gasteiger partial charge in [-0.15, -0.1) is 0 Å². The lowest BCUT2D eigenvalue weighted by atomic mass is 9.84. The van der Waals surface area contributed by atoms with Crippen LogP contribution in [0.1, 0.15) is 115 Å². The number of fused-ring (bicyclic) bond motifs is 3. The third-order valence-corrected chi connectivity index (χ3v) is 9.32. The van der Waals surface area contributed by atoms with E-state index in [9.17, 15) is 45.0 Å². The van der Waals surface area contributed by atoms with E-state index in [0.717, 1.165) is 12.1 Å². The highest BCUT2D eigenvalue weighted by atomic mass is 16.7. The molecule has 1 spiro atoms. The lowest BCUT2D eigenvalue weighted by Gasteiger charge is -2.29. The smallest absolute Gasteiger partial charge is 0.263 e. The number of Topliss-reactive ketones (excluding diaryl/α,β-unsaturated/α-hetero) is 3. The zero-order valence-electron chi connectivity index (χ0n) is 29.3. The van der Waals surface area contributed by atoms with Gasteiger partial charge in [0.25, 0.3) is 5.79 Å². The summed E-state index contributed by atoms with van der Waals surface area (Å²) >= 11 is 0. The molecule has 0 amide bonds. The molecular formula is C39H42O12. The number of benzene rings is 3. The number of ether oxygens (including phenoxy) is 2. The minimum atomic E-state index is -1.84. The lowest BCUT2D eigenvalue weighted by Crippen LogP contribution is -2.44. The van der Waals surface area contributed by atoms with E-state index in [4.69, 9.17) is 13.9 Å². The number of aromatic hydroxyl groups is 6. The summed E-state index contributed by atoms with van der Waals surface area (Å²) in [6, 6.07) is 4.81. The SMILES string of the molecule is CC(C)CC(=O)c1c(O)cc(O)c2c1OC1(C2)Oc2c(C(=O)CC(C)C)c(O)cc(O)c2C1Cc1cc2c(O)c(C(=O)CC(C)C)c(O)cc2o1. The molecule has 6 N–H and O–H groups in total. The maximum Gasteiger partial charge on any atom is 0.263 e. The fraction of sp³-hybridized carbons (Fsp3) is 0.410. The van der Waals surface area contributed by atoms with Gasteiger partial charge < -0.3 is 44.5 Å². The predicted molar refractivity (Wildman–Crippen MR) is 185 cm³/mol. The van der Waals surface area contributed by atoms with Crippen LogP contribution in [0.15, 0.2) is 28.7 Å². The zero-order chi connectivity index (χ0) is 37.3. The van der Waals surface area contributed by atoms with E-state index in [1.165, 1.54) is 12.1 Å². The molecule has 2 aliphatic heterocycles. The first kappa shape index (κ1) is 35.4. The van der Waals surface area contributed by atoms with Crippen LogP contribution >= 0.6 is 0 Å². The number of carbonyl (C=O) groups is 3. The van der Waals surface area contributed by atoms with Gasteiger partial charge in [-0.2, -0.15) is 0 Å². The third kappa shape index (κ3) is 6.06. The molecular weight excluding hydrogens is 660 g/mol. The fourth-order valence-electron chi connectivity index (χ4n) is 7.21. The lowest BCUT2D eigenvalue weighted by molar-refractivity contribution is -0.100. The van der Waals surface area contributed by atoms with Crippen LogP contribution in [0, 0.1) is 17.8 Å². The van der Waals surface area contributed by atoms with Crippen LogP contribution in [0.5, 0.6) is 46.0 Å². The van der Waals surface area contributed by atoms with Crippen LogP contribution in [0.4, 0.5) is 0 Å². The number of phenols is 6. The molecule has 4 aromatic rings. The molecule has 3 aromatic carbocycles. The standard InChI is InChI=1S/C39H42O12/c1-16(2)7-24(41)33-30(47)14-31-20(36(33)48)10-19(49-31)11-22-32-27(44)13-29(46)35(26(43)9-18(5)6)38(32)51-39(22)15-21-23(40)12-28(45)34(37(21)50-39)25(42)8-17(3)4/h10,12-14,16-18,22,40,44-48H,7-9,11,15H2,1-6H3. The number of hydrogen-bond acceptors (Lipinski definition) is 12. The summed E-state index contributed by atoms with van der Waals surface area (Å²) in [7, 11) is 0. The first-order valence-electron chi connectivity index (χ1n) is 17.0. The normalized spacial score (nSPS) is 17.7. The second-order valence-electron chi connectivity index (χ2n) is 14.9. The largest absolute Gasteiger partial charge is 0.507 e. The van der Waals surface area contributed by atoms with Crippen molar-refractivity contribution in [1.82, 2.24) is 0 Å². The van der Waals surface area contributed by atoms with E-state index in [1.807, 2.05) is 41.5 Å². The summed E-state index contributed by atoms with van der Waals surface area (Å²) in [5.41, 5.74) is -0.265. The minimum absolute atomic E-state index is 0.0342. The van der Waals surface area contributed by atoms with Crippen LogP contribution in [0.3, 0.4) is 0 Å². The molecule has 51 heavy (non-hydrogen) atoms. The van der Waals surface area contributed by atoms with Gasteiger partial charge in [0.2, 0.25) is 0 Å². The predicted octanol–water partition coefficient (Wildman–Crippen LogP) is 7.40. The molecule has 2 aliphatic rings. The maximum atomic E-state index is 13.5. The van der Waals surface area contributed by atoms with Crippen molar-refractivity contribution in [3.63, 3.8) is 0 Å². The molecule has 2 atom stereocenters. The third-order valence-electron chi connectivity index (χ3n) is 9.32. The van der Waals surface area contributed by atoms with Gasteiger partial charge in [0.15, 0.2) is 17.3 Å². The summed E-state index contributed by atoms with van der Waals surface area (Å²) in [5, 5.41) is 66.2. The highest BCUT2D eigenvalue weighted by Gasteiger charge is 2.59. The Morgan fingerprint density at radius 3 is 1.73 bits per heavy atom. The number of hydrogen-bond donors (Lipinski definition) is 6. The summed E-state index contributed by atoms with van der Waals surface area (Å²) in [4.78, 5) is 39.9. The molecule has 270 valence electrons. The summed E-state index contributed by atoms with van der Waals surface area (Å²) < 4.78 is 19.0. The van der Waals surface area contributed by atoms with Crippen molar-refractivity contribution in [2.24, 2.45) is 17.8 Å². The zero-order valence-corrected chi connectivity index (χ0v) is 29.3. The van der Waals surface area contributed by atoms with Crippen LogP contribution in [0.2, 0.25) is 0 Å². The molecule has 2 unspecified atom stereocenters. The van der Waals surface area contributed by atoms with Gasteiger partial charge in [0.1, 0.15) is 74.0 Å². The Morgan fingerprint density at radius 1 is 0.667 bits per heavy atom. The number of phenolic OH excluding ortho intramolecular Hbond substituents is 6. The first-order chi connectivity index (χ1) is 23.9. The van der Waals surface area contributed by atoms with Crippen LogP contribution < -0.4 is 9.47 Å². The van der Waals surface area contributed by atoms with Gasteiger partial charge in [-0.3, -0.25) is 14.4 Å². The van der Waals surface area contributed by atoms with E-state index in [1.54, 1.807) is 0 Å². The van der Waals surface area contributed by atoms with Crippen LogP contribution in [-0.2, 0) is 12.8 Å². The van der Waals surface area contributed by atoms with E-state index < -0.39 is 57.8 Å². The molecule has 0 aliphatic carbocycles. The quantitative estimate of drug-likeness (QED) is 0.0846. The second-order valence-corrected chi connectivity index (χ2v) is 14.9. The van der Waals surface area contributed by atoms with Crippen LogP contribution in [-0.4, -0.2) is 53.8 Å². The number of carbonyl (C=O) groups excluding carboxylic acids is 3. The minimum Gasteiger partial charge on any atom is -0.507 e. The maximum absolute atomic E-state index is 13.5. The summed E-state index contributed by atoms with van der Waals surface area (Å²) in [5.74, 6) is -7.22. The molecule has 1 aromatic heterocycles. The molecule has 12 heteroatoms. The average Bonchev–Trinajstić information content (AvgIpc) is 3.66. The molecule has 3 heterocycles. The van der Waals surface area contributed by atoms with Gasteiger partial charge in [0.05, 0.1) is 17.7 Å². The number of rotatable bonds is 11. The highest BCUT2D eigenvalue weighted by Crippen LogP contribution is 2.60. The van der Waals surface area contributed by atoms with Crippen molar-refractivity contribution in [3.05, 3.63) is 57.8 Å². The van der Waals surface area contributed by atoms with Crippen molar-refractivity contribution < 1.29 is 58.9 Å². The first-order valence-corrected chi connectivity index (χ1v) is 17.0. The van der Waals surface area contributed by atoms with Gasteiger partial charge in [-0.05, 0) is 23.8 Å². The molecule has 6 rings (SSSR count). The van der Waals surface area contributed by atoms with Crippen molar-refractivity contribution in [1.29, 1.82) is 0 Å². The Morgan fingerprint density at radius 2 is 1.16 bits per heavy atom. The monoisotopic (exact) mass is 702 g/mol. The molecule has 0 saturated heterocycles. The number of furan rings is 1. The Bertz CT molecular complexity index is 2100. The molecule has 0 saturated carbocycles. The van der Waals surface area contributed by atoms with Gasteiger partial charge >= 0.3 is 0 Å². The Hall–Kier alpha value is -5.39. The van der Waals surface area contributed by atoms with Crippen molar-refractivity contribution in [3.8, 4) is 46.0 Å². The Kier molecular flexibility index (Phi) is 8.85. The van der Waals surface area contributed by atoms with Gasteiger partial charge in [0, 0.05) is 55.0 Å². The average molecular weight is 703 g/mol. The fourth-order valence-corrected chi connectivity index (χ4v) is 7.21. The highest BCUT2D eigenvalue weighted by molar-refractivity contribution is 6.07. The molecule has 0 radical (unpaired) electrons. The Labute approximate surface area is 293 Å².